The molecule has 0 radical (unpaired) electrons. The summed E-state index contributed by atoms with van der Waals surface area (Å²) in [4.78, 5) is 11.0. The van der Waals surface area contributed by atoms with E-state index in [1.54, 1.807) is 12.2 Å². The van der Waals surface area contributed by atoms with Crippen LogP contribution in [-0.4, -0.2) is 11.9 Å². The maximum Gasteiger partial charge on any atom is 0.188 e. The zero-order valence-corrected chi connectivity index (χ0v) is 8.01. The van der Waals surface area contributed by atoms with Gasteiger partial charge in [0.05, 0.1) is 6.10 Å². The summed E-state index contributed by atoms with van der Waals surface area (Å²) in [5, 5.41) is 0. The Morgan fingerprint density at radius 1 is 1.29 bits per heavy atom. The monoisotopic (exact) mass is 188 g/mol. The molecule has 2 rings (SSSR count). The van der Waals surface area contributed by atoms with E-state index in [9.17, 15) is 4.79 Å². The van der Waals surface area contributed by atoms with E-state index < -0.39 is 0 Å². The van der Waals surface area contributed by atoms with Crippen LogP contribution in [-0.2, 0) is 9.53 Å². The molecule has 0 fully saturated rings. The lowest BCUT2D eigenvalue weighted by Crippen LogP contribution is -2.28. The first kappa shape index (κ1) is 9.16. The van der Waals surface area contributed by atoms with Gasteiger partial charge in [0.2, 0.25) is 0 Å². The van der Waals surface area contributed by atoms with Gasteiger partial charge in [-0.3, -0.25) is 4.79 Å². The Kier molecular flexibility index (Phi) is 2.46. The van der Waals surface area contributed by atoms with E-state index in [0.29, 0.717) is 0 Å². The highest BCUT2D eigenvalue weighted by molar-refractivity contribution is 6.01. The second kappa shape index (κ2) is 3.76. The highest BCUT2D eigenvalue weighted by Gasteiger charge is 2.23. The van der Waals surface area contributed by atoms with Crippen molar-refractivity contribution in [2.45, 2.75) is 19.1 Å². The normalized spacial score (nSPS) is 21.8. The summed E-state index contributed by atoms with van der Waals surface area (Å²) >= 11 is 0. The number of benzene rings is 1. The van der Waals surface area contributed by atoms with Gasteiger partial charge in [0, 0.05) is 0 Å². The molecule has 2 heteroatoms. The van der Waals surface area contributed by atoms with Crippen molar-refractivity contribution in [1.82, 2.24) is 0 Å². The smallest absolute Gasteiger partial charge is 0.188 e. The van der Waals surface area contributed by atoms with E-state index in [-0.39, 0.29) is 18.0 Å². The quantitative estimate of drug-likeness (QED) is 0.727. The first-order valence-corrected chi connectivity index (χ1v) is 4.70. The number of ether oxygens (including phenoxy) is 1. The van der Waals surface area contributed by atoms with E-state index in [1.807, 2.05) is 37.3 Å². The minimum atomic E-state index is -0.329. The van der Waals surface area contributed by atoms with Crippen LogP contribution in [0.2, 0.25) is 0 Å². The molecule has 0 aliphatic heterocycles. The van der Waals surface area contributed by atoms with Crippen LogP contribution in [0.3, 0.4) is 0 Å². The molecule has 72 valence electrons. The summed E-state index contributed by atoms with van der Waals surface area (Å²) in [6.07, 6.45) is 2.96. The van der Waals surface area contributed by atoms with E-state index in [1.165, 1.54) is 0 Å². The number of hydrogen-bond acceptors (Lipinski definition) is 2. The Morgan fingerprint density at radius 3 is 2.50 bits per heavy atom. The summed E-state index contributed by atoms with van der Waals surface area (Å²) < 4.78 is 5.55. The van der Waals surface area contributed by atoms with Crippen molar-refractivity contribution in [2.24, 2.45) is 0 Å². The zero-order valence-electron chi connectivity index (χ0n) is 8.01. The van der Waals surface area contributed by atoms with Crippen molar-refractivity contribution in [2.75, 3.05) is 0 Å². The molecule has 0 N–H and O–H groups in total. The molecule has 2 atom stereocenters. The van der Waals surface area contributed by atoms with Crippen LogP contribution in [0.1, 0.15) is 18.6 Å². The molecule has 14 heavy (non-hydrogen) atoms. The SMILES string of the molecule is CC(OC1C=CC1=O)c1ccccc1. The third-order valence-electron chi connectivity index (χ3n) is 2.34. The van der Waals surface area contributed by atoms with Gasteiger partial charge in [-0.1, -0.05) is 30.3 Å². The predicted molar refractivity (Wildman–Crippen MR) is 53.9 cm³/mol. The number of carbonyl (C=O) groups is 1. The topological polar surface area (TPSA) is 26.3 Å². The second-order valence-electron chi connectivity index (χ2n) is 3.37. The minimum Gasteiger partial charge on any atom is -0.358 e. The highest BCUT2D eigenvalue weighted by Crippen LogP contribution is 2.21. The van der Waals surface area contributed by atoms with Gasteiger partial charge in [-0.05, 0) is 24.6 Å². The Balaban J connectivity index is 2.00. The maximum atomic E-state index is 11.0. The van der Waals surface area contributed by atoms with Gasteiger partial charge in [0.25, 0.3) is 0 Å². The molecule has 2 unspecified atom stereocenters. The summed E-state index contributed by atoms with van der Waals surface area (Å²) in [6, 6.07) is 9.89. The Bertz CT molecular complexity index is 354. The first-order valence-electron chi connectivity index (χ1n) is 4.70. The molecule has 0 spiro atoms. The van der Waals surface area contributed by atoms with Gasteiger partial charge >= 0.3 is 0 Å². The molecule has 1 aromatic carbocycles. The molecule has 0 aromatic heterocycles. The Morgan fingerprint density at radius 2 is 2.00 bits per heavy atom. The number of ketones is 1. The summed E-state index contributed by atoms with van der Waals surface area (Å²) in [7, 11) is 0. The van der Waals surface area contributed by atoms with E-state index in [4.69, 9.17) is 4.74 Å². The Labute approximate surface area is 83.2 Å². The molecule has 0 heterocycles. The average molecular weight is 188 g/mol. The minimum absolute atomic E-state index is 0.0323. The van der Waals surface area contributed by atoms with Crippen molar-refractivity contribution < 1.29 is 9.53 Å². The van der Waals surface area contributed by atoms with Crippen molar-refractivity contribution >= 4 is 5.78 Å². The van der Waals surface area contributed by atoms with Crippen molar-refractivity contribution in [1.29, 1.82) is 0 Å². The zero-order chi connectivity index (χ0) is 9.97. The predicted octanol–water partition coefficient (Wildman–Crippen LogP) is 2.27. The van der Waals surface area contributed by atoms with Gasteiger partial charge in [-0.2, -0.15) is 0 Å². The van der Waals surface area contributed by atoms with E-state index in [2.05, 4.69) is 0 Å². The van der Waals surface area contributed by atoms with Crippen molar-refractivity contribution in [3.63, 3.8) is 0 Å². The fourth-order valence-corrected chi connectivity index (χ4v) is 1.39. The molecule has 0 bridgehead atoms. The largest absolute Gasteiger partial charge is 0.358 e. The number of rotatable bonds is 3. The standard InChI is InChI=1S/C12H12O2/c1-9(10-5-3-2-4-6-10)14-12-8-7-11(12)13/h2-9,12H,1H3. The average Bonchev–Trinajstić information content (AvgIpc) is 2.24. The fraction of sp³-hybridized carbons (Fsp3) is 0.250. The van der Waals surface area contributed by atoms with Crippen LogP contribution in [0, 0.1) is 0 Å². The summed E-state index contributed by atoms with van der Waals surface area (Å²) in [5.41, 5.74) is 1.10. The third-order valence-corrected chi connectivity index (χ3v) is 2.34. The van der Waals surface area contributed by atoms with Crippen LogP contribution in [0.4, 0.5) is 0 Å². The fourth-order valence-electron chi connectivity index (χ4n) is 1.39. The highest BCUT2D eigenvalue weighted by atomic mass is 16.5. The lowest BCUT2D eigenvalue weighted by molar-refractivity contribution is -0.128. The van der Waals surface area contributed by atoms with Gasteiger partial charge in [-0.25, -0.2) is 0 Å². The molecule has 1 aliphatic rings. The van der Waals surface area contributed by atoms with Crippen molar-refractivity contribution in [3.8, 4) is 0 Å². The number of carbonyl (C=O) groups excluding carboxylic acids is 1. The summed E-state index contributed by atoms with van der Waals surface area (Å²) in [6.45, 7) is 1.95. The molecule has 2 nitrogen and oxygen atoms in total. The van der Waals surface area contributed by atoms with Gasteiger partial charge in [0.1, 0.15) is 6.10 Å². The van der Waals surface area contributed by atoms with E-state index >= 15 is 0 Å². The molecule has 0 saturated carbocycles. The summed E-state index contributed by atoms with van der Waals surface area (Å²) in [5.74, 6) is 0.0628. The molecule has 1 aromatic rings. The molecular weight excluding hydrogens is 176 g/mol. The molecule has 0 saturated heterocycles. The van der Waals surface area contributed by atoms with Crippen LogP contribution in [0.5, 0.6) is 0 Å². The lowest BCUT2D eigenvalue weighted by Gasteiger charge is -2.22. The maximum absolute atomic E-state index is 11.0. The van der Waals surface area contributed by atoms with Gasteiger partial charge in [0.15, 0.2) is 5.78 Å². The molecule has 0 amide bonds. The second-order valence-corrected chi connectivity index (χ2v) is 3.37. The third kappa shape index (κ3) is 1.75. The van der Waals surface area contributed by atoms with Crippen LogP contribution in [0.15, 0.2) is 42.5 Å². The number of hydrogen-bond donors (Lipinski definition) is 0. The van der Waals surface area contributed by atoms with Crippen LogP contribution < -0.4 is 0 Å². The lowest BCUT2D eigenvalue weighted by atomic mass is 10.0. The first-order chi connectivity index (χ1) is 6.77. The van der Waals surface area contributed by atoms with Crippen LogP contribution >= 0.6 is 0 Å². The molecular formula is C12H12O2. The van der Waals surface area contributed by atoms with Crippen LogP contribution in [0.25, 0.3) is 0 Å². The molecule has 1 aliphatic carbocycles. The van der Waals surface area contributed by atoms with Gasteiger partial charge in [-0.15, -0.1) is 0 Å². The Hall–Kier alpha value is -1.41. The van der Waals surface area contributed by atoms with Gasteiger partial charge < -0.3 is 4.74 Å². The van der Waals surface area contributed by atoms with E-state index in [0.717, 1.165) is 5.56 Å². The van der Waals surface area contributed by atoms with Crippen molar-refractivity contribution in [3.05, 3.63) is 48.0 Å².